The summed E-state index contributed by atoms with van der Waals surface area (Å²) in [7, 11) is -4.62. The molecule has 0 aromatic heterocycles. The lowest BCUT2D eigenvalue weighted by atomic mass is 10.1. The van der Waals surface area contributed by atoms with Gasteiger partial charge in [-0.05, 0) is 70.6 Å². The molecule has 11 heteroatoms. The van der Waals surface area contributed by atoms with Gasteiger partial charge in [-0.2, -0.15) is 0 Å². The van der Waals surface area contributed by atoms with Crippen molar-refractivity contribution < 1.29 is 42.7 Å². The van der Waals surface area contributed by atoms with Gasteiger partial charge < -0.3 is 25.2 Å². The molecular formula is C52H98NO9P. The van der Waals surface area contributed by atoms with Crippen molar-refractivity contribution >= 4 is 19.8 Å². The van der Waals surface area contributed by atoms with Gasteiger partial charge in [0.05, 0.1) is 19.8 Å². The zero-order valence-corrected chi connectivity index (χ0v) is 41.6. The van der Waals surface area contributed by atoms with Gasteiger partial charge in [-0.1, -0.05) is 204 Å². The number of esters is 1. The van der Waals surface area contributed by atoms with Crippen LogP contribution in [0.15, 0.2) is 36.5 Å². The lowest BCUT2D eigenvalue weighted by Crippen LogP contribution is -2.34. The summed E-state index contributed by atoms with van der Waals surface area (Å²) >= 11 is 0. The normalized spacial score (nSPS) is 14.0. The average molecular weight is 912 g/mol. The van der Waals surface area contributed by atoms with Crippen LogP contribution in [0.5, 0.6) is 0 Å². The molecule has 0 fully saturated rings. The zero-order chi connectivity index (χ0) is 46.2. The van der Waals surface area contributed by atoms with E-state index < -0.39 is 45.1 Å². The molecule has 0 aliphatic carbocycles. The molecule has 0 rings (SSSR count). The molecule has 0 saturated heterocycles. The number of rotatable bonds is 50. The molecule has 0 aliphatic heterocycles. The number of ether oxygens (including phenoxy) is 2. The highest BCUT2D eigenvalue weighted by molar-refractivity contribution is 7.47. The van der Waals surface area contributed by atoms with Gasteiger partial charge in [-0.25, -0.2) is 4.57 Å². The number of allylic oxidation sites excluding steroid dienone is 6. The van der Waals surface area contributed by atoms with E-state index in [1.165, 1.54) is 173 Å². The van der Waals surface area contributed by atoms with Crippen molar-refractivity contribution in [2.75, 3.05) is 26.4 Å². The maximum atomic E-state index is 12.7. The van der Waals surface area contributed by atoms with Crippen LogP contribution in [0.25, 0.3) is 0 Å². The Labute approximate surface area is 387 Å². The molecule has 63 heavy (non-hydrogen) atoms. The van der Waals surface area contributed by atoms with Gasteiger partial charge in [0.25, 0.3) is 0 Å². The Balaban J connectivity index is 4.13. The van der Waals surface area contributed by atoms with E-state index in [0.717, 1.165) is 44.9 Å². The van der Waals surface area contributed by atoms with Gasteiger partial charge in [0, 0.05) is 13.0 Å². The third-order valence-corrected chi connectivity index (χ3v) is 12.3. The number of phosphoric ester groups is 1. The molecule has 0 radical (unpaired) electrons. The summed E-state index contributed by atoms with van der Waals surface area (Å²) in [6.45, 7) is 3.89. The minimum atomic E-state index is -4.62. The first-order chi connectivity index (χ1) is 30.7. The van der Waals surface area contributed by atoms with Crippen molar-refractivity contribution in [1.82, 2.24) is 0 Å². The number of carbonyl (C=O) groups excluding carboxylic acids is 1. The second kappa shape index (κ2) is 48.1. The average Bonchev–Trinajstić information content (AvgIpc) is 3.26. The van der Waals surface area contributed by atoms with Crippen LogP contribution >= 0.6 is 7.82 Å². The van der Waals surface area contributed by atoms with Crippen molar-refractivity contribution in [2.24, 2.45) is 5.73 Å². The first-order valence-corrected chi connectivity index (χ1v) is 27.5. The molecule has 0 heterocycles. The van der Waals surface area contributed by atoms with Gasteiger partial charge in [-0.15, -0.1) is 0 Å². The van der Waals surface area contributed by atoms with E-state index in [2.05, 4.69) is 50.3 Å². The number of nitrogens with two attached hydrogens (primary N) is 1. The van der Waals surface area contributed by atoms with E-state index >= 15 is 0 Å². The Kier molecular flexibility index (Phi) is 46.7. The summed E-state index contributed by atoms with van der Waals surface area (Å²) in [6, 6.07) is -1.47. The van der Waals surface area contributed by atoms with Crippen molar-refractivity contribution in [3.63, 3.8) is 0 Å². The van der Waals surface area contributed by atoms with E-state index in [0.29, 0.717) is 13.0 Å². The van der Waals surface area contributed by atoms with Gasteiger partial charge in [0.2, 0.25) is 0 Å². The van der Waals surface area contributed by atoms with Crippen LogP contribution in [0.3, 0.4) is 0 Å². The molecule has 4 N–H and O–H groups in total. The molecule has 0 aromatic rings. The molecule has 0 spiro atoms. The van der Waals surface area contributed by atoms with Crippen LogP contribution in [0, 0.1) is 0 Å². The number of carboxylic acid groups (broad SMARTS) is 1. The lowest BCUT2D eigenvalue weighted by molar-refractivity contribution is -0.154. The van der Waals surface area contributed by atoms with Crippen LogP contribution in [-0.2, 0) is 32.7 Å². The third kappa shape index (κ3) is 48.0. The Bertz CT molecular complexity index is 1150. The molecule has 0 amide bonds. The van der Waals surface area contributed by atoms with Crippen LogP contribution in [-0.4, -0.2) is 60.5 Å². The number of phosphoric acid groups is 1. The van der Waals surface area contributed by atoms with Crippen molar-refractivity contribution in [3.8, 4) is 0 Å². The van der Waals surface area contributed by atoms with E-state index in [4.69, 9.17) is 29.4 Å². The van der Waals surface area contributed by atoms with Crippen LogP contribution < -0.4 is 5.73 Å². The highest BCUT2D eigenvalue weighted by atomic mass is 31.2. The molecule has 0 saturated carbocycles. The Hall–Kier alpha value is -1.81. The van der Waals surface area contributed by atoms with Gasteiger partial charge >= 0.3 is 19.8 Å². The van der Waals surface area contributed by atoms with Crippen LogP contribution in [0.4, 0.5) is 0 Å². The number of hydrogen-bond acceptors (Lipinski definition) is 8. The number of aliphatic carboxylic acids is 1. The summed E-state index contributed by atoms with van der Waals surface area (Å²) in [5, 5.41) is 8.93. The van der Waals surface area contributed by atoms with Crippen LogP contribution in [0.1, 0.15) is 245 Å². The molecule has 3 unspecified atom stereocenters. The quantitative estimate of drug-likeness (QED) is 0.0232. The van der Waals surface area contributed by atoms with Gasteiger partial charge in [0.15, 0.2) is 0 Å². The van der Waals surface area contributed by atoms with E-state index in [9.17, 15) is 19.0 Å². The number of hydrogen-bond donors (Lipinski definition) is 3. The highest BCUT2D eigenvalue weighted by Crippen LogP contribution is 2.43. The SMILES string of the molecule is CCCCC/C=C\C/C=C\CCCCCCCCCCCCOCC(COP(=O)(O)OCC(N)C(=O)O)OC(=O)CCCCCCCCCCC/C=C\CCCCCCCCCC. The van der Waals surface area contributed by atoms with E-state index in [1.807, 2.05) is 0 Å². The molecule has 10 nitrogen and oxygen atoms in total. The fourth-order valence-corrected chi connectivity index (χ4v) is 8.11. The fourth-order valence-electron chi connectivity index (χ4n) is 7.34. The fraction of sp³-hybridized carbons (Fsp3) is 0.846. The summed E-state index contributed by atoms with van der Waals surface area (Å²) < 4.78 is 33.5. The summed E-state index contributed by atoms with van der Waals surface area (Å²) in [5.74, 6) is -1.77. The maximum Gasteiger partial charge on any atom is 0.472 e. The molecule has 0 aliphatic rings. The number of unbranched alkanes of at least 4 members (excludes halogenated alkanes) is 30. The maximum absolute atomic E-state index is 12.7. The van der Waals surface area contributed by atoms with Crippen molar-refractivity contribution in [2.45, 2.75) is 257 Å². The molecule has 3 atom stereocenters. The smallest absolute Gasteiger partial charge is 0.472 e. The minimum Gasteiger partial charge on any atom is -0.480 e. The topological polar surface area (TPSA) is 155 Å². The van der Waals surface area contributed by atoms with Crippen molar-refractivity contribution in [1.29, 1.82) is 0 Å². The number of carbonyl (C=O) groups is 2. The highest BCUT2D eigenvalue weighted by Gasteiger charge is 2.27. The third-order valence-electron chi connectivity index (χ3n) is 11.4. The van der Waals surface area contributed by atoms with Crippen molar-refractivity contribution in [3.05, 3.63) is 36.5 Å². The first kappa shape index (κ1) is 61.2. The molecule has 0 aromatic carbocycles. The molecule has 370 valence electrons. The largest absolute Gasteiger partial charge is 0.480 e. The summed E-state index contributed by atoms with van der Waals surface area (Å²) in [5.41, 5.74) is 5.38. The number of carboxylic acids is 1. The first-order valence-electron chi connectivity index (χ1n) is 26.0. The van der Waals surface area contributed by atoms with Gasteiger partial charge in [0.1, 0.15) is 12.1 Å². The standard InChI is InChI=1S/C52H98NO9P/c1-3-5-7-9-11-13-15-17-19-21-23-25-26-28-30-32-34-36-38-40-42-44-51(54)62-49(47-60-63(57,58)61-48-50(53)52(55)56)46-59-45-43-41-39-37-35-33-31-29-27-24-22-20-18-16-14-12-10-8-6-4-2/h12,14,18,20-21,23,49-50H,3-11,13,15-17,19,22,24-48,53H2,1-2H3,(H,55,56)(H,57,58)/b14-12-,20-18-,23-21-. The Morgan fingerprint density at radius 2 is 0.873 bits per heavy atom. The Morgan fingerprint density at radius 3 is 1.33 bits per heavy atom. The summed E-state index contributed by atoms with van der Waals surface area (Å²) in [4.78, 5) is 33.7. The summed E-state index contributed by atoms with van der Waals surface area (Å²) in [6.07, 6.45) is 56.3. The van der Waals surface area contributed by atoms with E-state index in [1.54, 1.807) is 0 Å². The second-order valence-corrected chi connectivity index (χ2v) is 19.1. The molecular weight excluding hydrogens is 814 g/mol. The molecule has 0 bridgehead atoms. The van der Waals surface area contributed by atoms with Crippen LogP contribution in [0.2, 0.25) is 0 Å². The second-order valence-electron chi connectivity index (χ2n) is 17.6. The van der Waals surface area contributed by atoms with E-state index in [-0.39, 0.29) is 13.0 Å². The monoisotopic (exact) mass is 912 g/mol. The van der Waals surface area contributed by atoms with Gasteiger partial charge in [-0.3, -0.25) is 18.6 Å². The zero-order valence-electron chi connectivity index (χ0n) is 40.7. The predicted octanol–water partition coefficient (Wildman–Crippen LogP) is 15.2. The minimum absolute atomic E-state index is 0.0158. The lowest BCUT2D eigenvalue weighted by Gasteiger charge is -2.20. The predicted molar refractivity (Wildman–Crippen MR) is 263 cm³/mol. The Morgan fingerprint density at radius 1 is 0.508 bits per heavy atom.